The zero-order valence-corrected chi connectivity index (χ0v) is 13.0. The van der Waals surface area contributed by atoms with E-state index >= 15 is 0 Å². The molecule has 0 radical (unpaired) electrons. The second-order valence-corrected chi connectivity index (χ2v) is 7.00. The molecule has 0 bridgehead atoms. The molecule has 0 spiro atoms. The van der Waals surface area contributed by atoms with Crippen LogP contribution in [0.1, 0.15) is 30.4 Å². The van der Waals surface area contributed by atoms with E-state index in [4.69, 9.17) is 0 Å². The standard InChI is InChI=1S/C19H24N2/c1-4-8-21-12-14-10-18-16(9-13(2)11-20(18)3)15-6-5-7-17(21)19(14)15/h4-7,12-13,16,18H,1,8-11H2,2-3H3/t13-,16-,18-/m0/s1. The molecule has 0 amide bonds. The Morgan fingerprint density at radius 1 is 1.38 bits per heavy atom. The summed E-state index contributed by atoms with van der Waals surface area (Å²) in [5, 5.41) is 1.53. The zero-order valence-electron chi connectivity index (χ0n) is 13.0. The molecule has 2 heterocycles. The van der Waals surface area contributed by atoms with Gasteiger partial charge in [0.05, 0.1) is 0 Å². The summed E-state index contributed by atoms with van der Waals surface area (Å²) in [7, 11) is 2.30. The predicted octanol–water partition coefficient (Wildman–Crippen LogP) is 3.81. The Hall–Kier alpha value is -1.54. The Morgan fingerprint density at radius 2 is 2.24 bits per heavy atom. The maximum Gasteiger partial charge on any atom is 0.0489 e. The monoisotopic (exact) mass is 280 g/mol. The van der Waals surface area contributed by atoms with E-state index in [1.165, 1.54) is 35.9 Å². The van der Waals surface area contributed by atoms with Crippen molar-refractivity contribution in [2.75, 3.05) is 13.6 Å². The molecular weight excluding hydrogens is 256 g/mol. The molecule has 1 saturated heterocycles. The van der Waals surface area contributed by atoms with Crippen LogP contribution in [0.4, 0.5) is 0 Å². The molecule has 0 saturated carbocycles. The van der Waals surface area contributed by atoms with Gasteiger partial charge in [-0.25, -0.2) is 0 Å². The van der Waals surface area contributed by atoms with E-state index in [0.717, 1.165) is 12.5 Å². The first-order valence-electron chi connectivity index (χ1n) is 8.10. The summed E-state index contributed by atoms with van der Waals surface area (Å²) in [6.45, 7) is 8.44. The number of rotatable bonds is 2. The maximum absolute atomic E-state index is 3.90. The summed E-state index contributed by atoms with van der Waals surface area (Å²) in [5.74, 6) is 1.50. The number of hydrogen-bond acceptors (Lipinski definition) is 1. The smallest absolute Gasteiger partial charge is 0.0489 e. The fourth-order valence-electron chi connectivity index (χ4n) is 4.68. The van der Waals surface area contributed by atoms with Crippen molar-refractivity contribution in [3.8, 4) is 0 Å². The fraction of sp³-hybridized carbons (Fsp3) is 0.474. The van der Waals surface area contributed by atoms with Crippen molar-refractivity contribution in [3.05, 3.63) is 48.2 Å². The van der Waals surface area contributed by atoms with Crippen molar-refractivity contribution in [3.63, 3.8) is 0 Å². The van der Waals surface area contributed by atoms with Gasteiger partial charge in [-0.3, -0.25) is 0 Å². The van der Waals surface area contributed by atoms with Gasteiger partial charge in [-0.2, -0.15) is 0 Å². The third kappa shape index (κ3) is 1.89. The molecule has 2 aromatic rings. The summed E-state index contributed by atoms with van der Waals surface area (Å²) in [6, 6.07) is 7.55. The number of aromatic nitrogens is 1. The summed E-state index contributed by atoms with van der Waals surface area (Å²) < 4.78 is 2.36. The molecule has 1 aromatic carbocycles. The Balaban J connectivity index is 1.90. The van der Waals surface area contributed by atoms with Crippen LogP contribution in [-0.2, 0) is 13.0 Å². The van der Waals surface area contributed by atoms with Crippen molar-refractivity contribution in [2.45, 2.75) is 38.3 Å². The Kier molecular flexibility index (Phi) is 2.97. The summed E-state index contributed by atoms with van der Waals surface area (Å²) in [6.07, 6.45) is 6.89. The van der Waals surface area contributed by atoms with Gasteiger partial charge in [0.15, 0.2) is 0 Å². The fourth-order valence-corrected chi connectivity index (χ4v) is 4.68. The number of hydrogen-bond donors (Lipinski definition) is 0. The predicted molar refractivity (Wildman–Crippen MR) is 88.8 cm³/mol. The number of benzene rings is 1. The van der Waals surface area contributed by atoms with Gasteiger partial charge in [0, 0.05) is 42.1 Å². The van der Waals surface area contributed by atoms with Crippen LogP contribution < -0.4 is 0 Å². The lowest BCUT2D eigenvalue weighted by Crippen LogP contribution is -2.47. The minimum absolute atomic E-state index is 0.680. The van der Waals surface area contributed by atoms with Crippen molar-refractivity contribution in [2.24, 2.45) is 5.92 Å². The molecule has 1 aliphatic carbocycles. The zero-order chi connectivity index (χ0) is 14.6. The van der Waals surface area contributed by atoms with Gasteiger partial charge in [0.25, 0.3) is 0 Å². The number of piperidine rings is 1. The Labute approximate surface area is 127 Å². The second kappa shape index (κ2) is 4.74. The molecule has 4 rings (SSSR count). The van der Waals surface area contributed by atoms with Crippen molar-refractivity contribution in [1.29, 1.82) is 0 Å². The van der Waals surface area contributed by atoms with Crippen LogP contribution >= 0.6 is 0 Å². The third-order valence-corrected chi connectivity index (χ3v) is 5.46. The molecule has 21 heavy (non-hydrogen) atoms. The maximum atomic E-state index is 3.90. The van der Waals surface area contributed by atoms with Crippen LogP contribution in [0.25, 0.3) is 10.9 Å². The van der Waals surface area contributed by atoms with Crippen LogP contribution in [0, 0.1) is 5.92 Å². The first-order valence-corrected chi connectivity index (χ1v) is 8.10. The van der Waals surface area contributed by atoms with Crippen molar-refractivity contribution in [1.82, 2.24) is 9.47 Å². The highest BCUT2D eigenvalue weighted by atomic mass is 15.1. The third-order valence-electron chi connectivity index (χ3n) is 5.46. The van der Waals surface area contributed by atoms with Gasteiger partial charge in [0.1, 0.15) is 0 Å². The van der Waals surface area contributed by atoms with E-state index in [2.05, 4.69) is 54.4 Å². The highest BCUT2D eigenvalue weighted by Gasteiger charge is 2.38. The summed E-state index contributed by atoms with van der Waals surface area (Å²) in [4.78, 5) is 2.59. The quantitative estimate of drug-likeness (QED) is 0.760. The van der Waals surface area contributed by atoms with E-state index < -0.39 is 0 Å². The number of nitrogens with zero attached hydrogens (tertiary/aromatic N) is 2. The molecule has 1 fully saturated rings. The Morgan fingerprint density at radius 3 is 3.05 bits per heavy atom. The molecule has 1 aromatic heterocycles. The van der Waals surface area contributed by atoms with Crippen LogP contribution in [-0.4, -0.2) is 29.1 Å². The van der Waals surface area contributed by atoms with Gasteiger partial charge < -0.3 is 9.47 Å². The summed E-state index contributed by atoms with van der Waals surface area (Å²) >= 11 is 0. The molecule has 3 atom stereocenters. The van der Waals surface area contributed by atoms with Crippen LogP contribution in [0.15, 0.2) is 37.1 Å². The second-order valence-electron chi connectivity index (χ2n) is 7.00. The molecule has 2 heteroatoms. The first-order chi connectivity index (χ1) is 10.2. The SMILES string of the molecule is C=CCn1cc2c3c(cccc31)[C@@H]1C[C@H](C)CN(C)[C@H]1C2. The average molecular weight is 280 g/mol. The lowest BCUT2D eigenvalue weighted by molar-refractivity contribution is 0.119. The normalized spacial score (nSPS) is 28.6. The van der Waals surface area contributed by atoms with E-state index in [0.29, 0.717) is 12.0 Å². The minimum Gasteiger partial charge on any atom is -0.343 e. The number of allylic oxidation sites excluding steroid dienone is 1. The summed E-state index contributed by atoms with van der Waals surface area (Å²) in [5.41, 5.74) is 4.51. The lowest BCUT2D eigenvalue weighted by Gasteiger charge is -2.44. The van der Waals surface area contributed by atoms with Gasteiger partial charge in [-0.1, -0.05) is 25.1 Å². The van der Waals surface area contributed by atoms with Gasteiger partial charge >= 0.3 is 0 Å². The van der Waals surface area contributed by atoms with Crippen LogP contribution in [0.3, 0.4) is 0 Å². The Bertz CT molecular complexity index is 697. The highest BCUT2D eigenvalue weighted by molar-refractivity contribution is 5.89. The van der Waals surface area contributed by atoms with E-state index in [-0.39, 0.29) is 0 Å². The van der Waals surface area contributed by atoms with Gasteiger partial charge in [-0.05, 0) is 43.0 Å². The van der Waals surface area contributed by atoms with Crippen molar-refractivity contribution >= 4 is 10.9 Å². The van der Waals surface area contributed by atoms with Crippen LogP contribution in [0.5, 0.6) is 0 Å². The largest absolute Gasteiger partial charge is 0.343 e. The molecule has 2 aliphatic rings. The topological polar surface area (TPSA) is 8.17 Å². The van der Waals surface area contributed by atoms with Crippen molar-refractivity contribution < 1.29 is 0 Å². The molecular formula is C19H24N2. The number of fused-ring (bicyclic) bond motifs is 2. The highest BCUT2D eigenvalue weighted by Crippen LogP contribution is 2.44. The van der Waals surface area contributed by atoms with E-state index in [1.807, 2.05) is 6.08 Å². The molecule has 0 N–H and O–H groups in total. The number of likely N-dealkylation sites (tertiary alicyclic amines) is 1. The molecule has 2 nitrogen and oxygen atoms in total. The number of likely N-dealkylation sites (N-methyl/N-ethyl adjacent to an activating group) is 1. The molecule has 0 unspecified atom stereocenters. The molecule has 1 aliphatic heterocycles. The van der Waals surface area contributed by atoms with Gasteiger partial charge in [-0.15, -0.1) is 6.58 Å². The lowest BCUT2D eigenvalue weighted by atomic mass is 9.73. The minimum atomic E-state index is 0.680. The van der Waals surface area contributed by atoms with E-state index in [1.54, 1.807) is 5.56 Å². The van der Waals surface area contributed by atoms with Crippen LogP contribution in [0.2, 0.25) is 0 Å². The first kappa shape index (κ1) is 13.1. The van der Waals surface area contributed by atoms with Gasteiger partial charge in [0.2, 0.25) is 0 Å². The average Bonchev–Trinajstić information content (AvgIpc) is 2.81. The van der Waals surface area contributed by atoms with E-state index in [9.17, 15) is 0 Å². The molecule has 110 valence electrons.